The van der Waals surface area contributed by atoms with Gasteiger partial charge in [0.25, 0.3) is 0 Å². The normalized spacial score (nSPS) is 25.9. The first-order chi connectivity index (χ1) is 20.8. The molecule has 0 saturated heterocycles. The van der Waals surface area contributed by atoms with Crippen molar-refractivity contribution < 1.29 is 4.79 Å². The third-order valence-corrected chi connectivity index (χ3v) is 11.1. The van der Waals surface area contributed by atoms with Crippen molar-refractivity contribution in [3.8, 4) is 0 Å². The minimum atomic E-state index is 0.571. The van der Waals surface area contributed by atoms with Crippen LogP contribution in [-0.2, 0) is 4.79 Å². The van der Waals surface area contributed by atoms with Crippen LogP contribution in [0.2, 0.25) is 0 Å². The van der Waals surface area contributed by atoms with Gasteiger partial charge in [-0.3, -0.25) is 0 Å². The third-order valence-electron chi connectivity index (χ3n) is 11.1. The van der Waals surface area contributed by atoms with Crippen molar-refractivity contribution in [2.24, 2.45) is 47.3 Å². The summed E-state index contributed by atoms with van der Waals surface area (Å²) in [4.78, 5) is 10.8. The molecule has 0 heterocycles. The summed E-state index contributed by atoms with van der Waals surface area (Å²) in [6, 6.07) is 0. The smallest absolute Gasteiger partial charge is 0.116 e. The SMILES string of the molecule is C=C(/C=C(/CC)C(=C)C(C)CCC(C)C(C)CC1CCC(C2CCC(CCCCC)CC2)CC1C)CC.CC=O.CN(C)C. The molecule has 0 aromatic rings. The number of hydrogen-bond acceptors (Lipinski definition) is 2. The highest BCUT2D eigenvalue weighted by atomic mass is 16.1. The molecule has 0 N–H and O–H groups in total. The van der Waals surface area contributed by atoms with E-state index in [1.54, 1.807) is 0 Å². The van der Waals surface area contributed by atoms with Gasteiger partial charge in [0.1, 0.15) is 6.29 Å². The van der Waals surface area contributed by atoms with Crippen LogP contribution >= 0.6 is 0 Å². The second kappa shape index (κ2) is 25.0. The molecule has 44 heavy (non-hydrogen) atoms. The summed E-state index contributed by atoms with van der Waals surface area (Å²) in [5.41, 5.74) is 3.99. The Hall–Kier alpha value is -1.15. The number of unbranched alkanes of at least 4 members (excludes halogenated alkanes) is 2. The quantitative estimate of drug-likeness (QED) is 0.0980. The molecule has 2 nitrogen and oxygen atoms in total. The molecule has 0 spiro atoms. The van der Waals surface area contributed by atoms with E-state index in [9.17, 15) is 0 Å². The number of allylic oxidation sites excluding steroid dienone is 4. The first-order valence-electron chi connectivity index (χ1n) is 18.9. The Morgan fingerprint density at radius 1 is 0.841 bits per heavy atom. The van der Waals surface area contributed by atoms with Crippen LogP contribution in [0.1, 0.15) is 158 Å². The molecule has 2 rings (SSSR count). The van der Waals surface area contributed by atoms with Crippen LogP contribution in [0, 0.1) is 47.3 Å². The highest BCUT2D eigenvalue weighted by Crippen LogP contribution is 2.46. The van der Waals surface area contributed by atoms with Gasteiger partial charge in [0.15, 0.2) is 0 Å². The van der Waals surface area contributed by atoms with Crippen LogP contribution in [0.15, 0.2) is 36.0 Å². The molecule has 2 aliphatic rings. The van der Waals surface area contributed by atoms with Gasteiger partial charge in [0.2, 0.25) is 0 Å². The summed E-state index contributed by atoms with van der Waals surface area (Å²) >= 11 is 0. The maximum absolute atomic E-state index is 8.81. The average Bonchev–Trinajstić information content (AvgIpc) is 2.99. The molecule has 6 atom stereocenters. The Labute approximate surface area is 278 Å². The van der Waals surface area contributed by atoms with Crippen LogP contribution in [-0.4, -0.2) is 32.3 Å². The molecule has 2 saturated carbocycles. The topological polar surface area (TPSA) is 20.3 Å². The lowest BCUT2D eigenvalue weighted by Gasteiger charge is -2.42. The number of carbonyl (C=O) groups excluding carboxylic acids is 1. The van der Waals surface area contributed by atoms with E-state index in [0.717, 1.165) is 60.6 Å². The van der Waals surface area contributed by atoms with Gasteiger partial charge in [-0.2, -0.15) is 0 Å². The first kappa shape index (κ1) is 42.9. The zero-order valence-electron chi connectivity index (χ0n) is 31.9. The second-order valence-electron chi connectivity index (χ2n) is 15.4. The van der Waals surface area contributed by atoms with Gasteiger partial charge >= 0.3 is 0 Å². The lowest BCUT2D eigenvalue weighted by Crippen LogP contribution is -2.31. The van der Waals surface area contributed by atoms with E-state index in [-0.39, 0.29) is 0 Å². The molecule has 2 fully saturated rings. The van der Waals surface area contributed by atoms with Crippen molar-refractivity contribution in [3.63, 3.8) is 0 Å². The predicted octanol–water partition coefficient (Wildman–Crippen LogP) is 12.7. The maximum Gasteiger partial charge on any atom is 0.116 e. The molecule has 2 aliphatic carbocycles. The summed E-state index contributed by atoms with van der Waals surface area (Å²) < 4.78 is 0. The second-order valence-corrected chi connectivity index (χ2v) is 15.4. The van der Waals surface area contributed by atoms with E-state index in [4.69, 9.17) is 4.79 Å². The van der Waals surface area contributed by atoms with Crippen LogP contribution < -0.4 is 0 Å². The molecule has 0 radical (unpaired) electrons. The summed E-state index contributed by atoms with van der Waals surface area (Å²) in [6.07, 6.45) is 25.7. The molecule has 0 amide bonds. The third kappa shape index (κ3) is 18.1. The van der Waals surface area contributed by atoms with Crippen molar-refractivity contribution >= 4 is 6.29 Å². The largest absolute Gasteiger partial charge is 0.312 e. The molecule has 0 aromatic carbocycles. The standard InChI is InChI=1S/C37H66.C3H9N.C2H4O/c1-10-13-14-15-33-18-20-35(21-19-33)37-23-22-36(31(8)26-37)25-30(7)28(5)16-17-29(6)32(9)34(12-3)24-27(4)11-2;1-4(2)3;1-2-3/h24,28-31,33,35-37H,4,9-23,25-26H2,1-3,5-8H3;1-3H3;2H,1H3/b34-24-;;. The van der Waals surface area contributed by atoms with Crippen molar-refractivity contribution in [1.82, 2.24) is 4.90 Å². The fourth-order valence-corrected chi connectivity index (χ4v) is 7.68. The Morgan fingerprint density at radius 2 is 1.41 bits per heavy atom. The fraction of sp³-hybridized carbons (Fsp3) is 0.833. The Kier molecular flexibility index (Phi) is 24.3. The molecular formula is C42H79NO. The lowest BCUT2D eigenvalue weighted by molar-refractivity contribution is -0.106. The van der Waals surface area contributed by atoms with Gasteiger partial charge in [-0.1, -0.05) is 112 Å². The number of hydrogen-bond donors (Lipinski definition) is 0. The van der Waals surface area contributed by atoms with Crippen molar-refractivity contribution in [2.75, 3.05) is 21.1 Å². The maximum atomic E-state index is 8.81. The predicted molar refractivity (Wildman–Crippen MR) is 199 cm³/mol. The Balaban J connectivity index is 0.00000239. The average molecular weight is 614 g/mol. The van der Waals surface area contributed by atoms with Crippen molar-refractivity contribution in [3.05, 3.63) is 36.0 Å². The molecule has 0 aliphatic heterocycles. The lowest BCUT2D eigenvalue weighted by atomic mass is 9.64. The Bertz CT molecular complexity index is 783. The van der Waals surface area contributed by atoms with E-state index in [2.05, 4.69) is 67.7 Å². The number of carbonyl (C=O) groups is 1. The van der Waals surface area contributed by atoms with Crippen molar-refractivity contribution in [2.45, 2.75) is 158 Å². The van der Waals surface area contributed by atoms with Gasteiger partial charge in [-0.25, -0.2) is 0 Å². The summed E-state index contributed by atoms with van der Waals surface area (Å²) in [5.74, 6) is 7.24. The summed E-state index contributed by atoms with van der Waals surface area (Å²) in [7, 11) is 6.00. The van der Waals surface area contributed by atoms with Gasteiger partial charge in [-0.05, 0) is 151 Å². The van der Waals surface area contributed by atoms with E-state index >= 15 is 0 Å². The van der Waals surface area contributed by atoms with Crippen molar-refractivity contribution in [1.29, 1.82) is 0 Å². The van der Waals surface area contributed by atoms with Crippen LogP contribution in [0.25, 0.3) is 0 Å². The zero-order chi connectivity index (χ0) is 33.7. The van der Waals surface area contributed by atoms with Crippen LogP contribution in [0.3, 0.4) is 0 Å². The van der Waals surface area contributed by atoms with E-state index < -0.39 is 0 Å². The van der Waals surface area contributed by atoms with Crippen LogP contribution in [0.4, 0.5) is 0 Å². The van der Waals surface area contributed by atoms with Gasteiger partial charge in [0.05, 0.1) is 0 Å². The molecular weight excluding hydrogens is 534 g/mol. The molecule has 6 unspecified atom stereocenters. The highest BCUT2D eigenvalue weighted by Gasteiger charge is 2.35. The monoisotopic (exact) mass is 614 g/mol. The van der Waals surface area contributed by atoms with E-state index in [0.29, 0.717) is 5.92 Å². The minimum Gasteiger partial charge on any atom is -0.312 e. The molecule has 258 valence electrons. The fourth-order valence-electron chi connectivity index (χ4n) is 7.68. The molecule has 2 heteroatoms. The molecule has 0 aromatic heterocycles. The zero-order valence-corrected chi connectivity index (χ0v) is 31.9. The highest BCUT2D eigenvalue weighted by molar-refractivity contribution is 5.44. The van der Waals surface area contributed by atoms with Gasteiger partial charge in [-0.15, -0.1) is 0 Å². The van der Waals surface area contributed by atoms with E-state index in [1.165, 1.54) is 114 Å². The first-order valence-corrected chi connectivity index (χ1v) is 18.9. The van der Waals surface area contributed by atoms with Gasteiger partial charge in [0, 0.05) is 0 Å². The summed E-state index contributed by atoms with van der Waals surface area (Å²) in [6.45, 7) is 27.0. The van der Waals surface area contributed by atoms with Gasteiger partial charge < -0.3 is 9.69 Å². The number of rotatable bonds is 16. The number of nitrogens with zero attached hydrogens (tertiary/aromatic N) is 1. The van der Waals surface area contributed by atoms with Crippen LogP contribution in [0.5, 0.6) is 0 Å². The Morgan fingerprint density at radius 3 is 1.91 bits per heavy atom. The van der Waals surface area contributed by atoms with E-state index in [1.807, 2.05) is 26.0 Å². The number of aldehydes is 1. The summed E-state index contributed by atoms with van der Waals surface area (Å²) in [5, 5.41) is 0. The minimum absolute atomic E-state index is 0.571. The molecule has 0 bridgehead atoms.